The quantitative estimate of drug-likeness (QED) is 0.255. The lowest BCUT2D eigenvalue weighted by molar-refractivity contribution is -0.113. The van der Waals surface area contributed by atoms with Crippen LogP contribution in [-0.4, -0.2) is 69.6 Å². The predicted molar refractivity (Wildman–Crippen MR) is 72.7 cm³/mol. The SMILES string of the molecule is CCCCCCCNC[C@H](O)[C@@H](O)[C@H](O)[C@H](O)CO. The van der Waals surface area contributed by atoms with E-state index in [0.717, 1.165) is 19.4 Å². The van der Waals surface area contributed by atoms with Crippen LogP contribution >= 0.6 is 0 Å². The van der Waals surface area contributed by atoms with Crippen LogP contribution in [0.3, 0.4) is 0 Å². The Bertz CT molecular complexity index is 205. The van der Waals surface area contributed by atoms with Gasteiger partial charge in [0.15, 0.2) is 0 Å². The van der Waals surface area contributed by atoms with Crippen molar-refractivity contribution in [3.05, 3.63) is 0 Å². The molecule has 0 fully saturated rings. The van der Waals surface area contributed by atoms with Gasteiger partial charge in [-0.3, -0.25) is 0 Å². The average Bonchev–Trinajstić information content (AvgIpc) is 2.43. The largest absolute Gasteiger partial charge is 0.394 e. The zero-order chi connectivity index (χ0) is 14.7. The van der Waals surface area contributed by atoms with Gasteiger partial charge < -0.3 is 30.8 Å². The molecule has 0 saturated heterocycles. The summed E-state index contributed by atoms with van der Waals surface area (Å²) in [6.45, 7) is 2.38. The first-order valence-electron chi connectivity index (χ1n) is 7.08. The lowest BCUT2D eigenvalue weighted by atomic mass is 10.0. The number of aliphatic hydroxyl groups excluding tert-OH is 5. The molecule has 0 amide bonds. The molecule has 0 rings (SSSR count). The van der Waals surface area contributed by atoms with Gasteiger partial charge in [0.25, 0.3) is 0 Å². The van der Waals surface area contributed by atoms with Crippen molar-refractivity contribution in [1.82, 2.24) is 5.32 Å². The molecule has 0 aliphatic rings. The molecular weight excluding hydrogens is 250 g/mol. The molecule has 6 nitrogen and oxygen atoms in total. The standard InChI is InChI=1S/C13H29NO5/c1-2-3-4-5-6-7-14-8-10(16)12(18)13(19)11(17)9-15/h10-19H,2-9H2,1H3/t10-,11+,12+,13+/m0/s1. The van der Waals surface area contributed by atoms with E-state index in [0.29, 0.717) is 0 Å². The topological polar surface area (TPSA) is 113 Å². The zero-order valence-corrected chi connectivity index (χ0v) is 11.7. The van der Waals surface area contributed by atoms with Crippen molar-refractivity contribution < 1.29 is 25.5 Å². The summed E-state index contributed by atoms with van der Waals surface area (Å²) in [5, 5.41) is 49.3. The second-order valence-electron chi connectivity index (χ2n) is 4.92. The Morgan fingerprint density at radius 1 is 0.842 bits per heavy atom. The molecule has 6 N–H and O–H groups in total. The molecule has 0 aromatic rings. The summed E-state index contributed by atoms with van der Waals surface area (Å²) >= 11 is 0. The molecule has 6 heteroatoms. The van der Waals surface area contributed by atoms with Crippen LogP contribution < -0.4 is 5.32 Å². The molecule has 0 radical (unpaired) electrons. The highest BCUT2D eigenvalue weighted by Crippen LogP contribution is 2.05. The minimum absolute atomic E-state index is 0.143. The second kappa shape index (κ2) is 11.6. The number of unbranched alkanes of at least 4 members (excludes halogenated alkanes) is 4. The minimum atomic E-state index is -1.55. The Kier molecular flexibility index (Phi) is 11.4. The molecule has 4 atom stereocenters. The third-order valence-corrected chi connectivity index (χ3v) is 3.14. The van der Waals surface area contributed by atoms with Crippen molar-refractivity contribution in [2.75, 3.05) is 19.7 Å². The maximum atomic E-state index is 9.61. The van der Waals surface area contributed by atoms with Crippen LogP contribution in [0, 0.1) is 0 Å². The van der Waals surface area contributed by atoms with Gasteiger partial charge in [-0.05, 0) is 13.0 Å². The van der Waals surface area contributed by atoms with E-state index in [1.807, 2.05) is 0 Å². The Labute approximate surface area is 115 Å². The summed E-state index contributed by atoms with van der Waals surface area (Å²) in [4.78, 5) is 0. The van der Waals surface area contributed by atoms with E-state index in [-0.39, 0.29) is 6.54 Å². The first-order valence-corrected chi connectivity index (χ1v) is 7.08. The van der Waals surface area contributed by atoms with Crippen LogP contribution in [0.2, 0.25) is 0 Å². The van der Waals surface area contributed by atoms with E-state index in [9.17, 15) is 15.3 Å². The van der Waals surface area contributed by atoms with Crippen molar-refractivity contribution >= 4 is 0 Å². The van der Waals surface area contributed by atoms with Gasteiger partial charge in [-0.1, -0.05) is 32.6 Å². The normalized spacial score (nSPS) is 18.0. The van der Waals surface area contributed by atoms with Gasteiger partial charge in [0, 0.05) is 6.54 Å². The summed E-state index contributed by atoms with van der Waals surface area (Å²) in [6.07, 6.45) is 0.114. The summed E-state index contributed by atoms with van der Waals surface area (Å²) in [5.74, 6) is 0. The number of rotatable bonds is 12. The summed E-state index contributed by atoms with van der Waals surface area (Å²) in [7, 11) is 0. The summed E-state index contributed by atoms with van der Waals surface area (Å²) in [5.41, 5.74) is 0. The summed E-state index contributed by atoms with van der Waals surface area (Å²) < 4.78 is 0. The molecule has 0 heterocycles. The van der Waals surface area contributed by atoms with E-state index in [2.05, 4.69) is 12.2 Å². The molecule has 0 spiro atoms. The Hall–Kier alpha value is -0.240. The molecule has 0 bridgehead atoms. The van der Waals surface area contributed by atoms with Crippen molar-refractivity contribution in [2.45, 2.75) is 63.4 Å². The minimum Gasteiger partial charge on any atom is -0.394 e. The fourth-order valence-corrected chi connectivity index (χ4v) is 1.79. The molecule has 0 saturated carbocycles. The Morgan fingerprint density at radius 3 is 2.00 bits per heavy atom. The molecule has 0 aliphatic heterocycles. The van der Waals surface area contributed by atoms with Crippen molar-refractivity contribution in [1.29, 1.82) is 0 Å². The van der Waals surface area contributed by atoms with E-state index in [1.165, 1.54) is 19.3 Å². The number of aliphatic hydroxyl groups is 5. The fourth-order valence-electron chi connectivity index (χ4n) is 1.79. The van der Waals surface area contributed by atoms with Crippen molar-refractivity contribution in [3.8, 4) is 0 Å². The highest BCUT2D eigenvalue weighted by atomic mass is 16.4. The first kappa shape index (κ1) is 18.8. The van der Waals surface area contributed by atoms with E-state index in [4.69, 9.17) is 10.2 Å². The van der Waals surface area contributed by atoms with Crippen molar-refractivity contribution in [3.63, 3.8) is 0 Å². The number of nitrogens with one attached hydrogen (secondary N) is 1. The maximum absolute atomic E-state index is 9.61. The number of hydrogen-bond donors (Lipinski definition) is 6. The fraction of sp³-hybridized carbons (Fsp3) is 1.00. The lowest BCUT2D eigenvalue weighted by Gasteiger charge is -2.25. The third kappa shape index (κ3) is 8.52. The molecule has 116 valence electrons. The van der Waals surface area contributed by atoms with Crippen molar-refractivity contribution in [2.24, 2.45) is 0 Å². The number of hydrogen-bond acceptors (Lipinski definition) is 6. The second-order valence-corrected chi connectivity index (χ2v) is 4.92. The highest BCUT2D eigenvalue weighted by Gasteiger charge is 2.29. The highest BCUT2D eigenvalue weighted by molar-refractivity contribution is 4.81. The maximum Gasteiger partial charge on any atom is 0.111 e. The molecule has 0 aromatic carbocycles. The predicted octanol–water partition coefficient (Wildman–Crippen LogP) is -1.02. The Balaban J connectivity index is 3.64. The lowest BCUT2D eigenvalue weighted by Crippen LogP contribution is -2.49. The van der Waals surface area contributed by atoms with Gasteiger partial charge in [-0.2, -0.15) is 0 Å². The molecule has 19 heavy (non-hydrogen) atoms. The van der Waals surface area contributed by atoms with E-state index >= 15 is 0 Å². The van der Waals surface area contributed by atoms with Crippen LogP contribution in [0.25, 0.3) is 0 Å². The van der Waals surface area contributed by atoms with Crippen LogP contribution in [0.5, 0.6) is 0 Å². The van der Waals surface area contributed by atoms with Crippen LogP contribution in [-0.2, 0) is 0 Å². The van der Waals surface area contributed by atoms with Crippen LogP contribution in [0.1, 0.15) is 39.0 Å². The van der Waals surface area contributed by atoms with E-state index in [1.54, 1.807) is 0 Å². The zero-order valence-electron chi connectivity index (χ0n) is 11.7. The molecule has 0 aromatic heterocycles. The molecule has 0 aliphatic carbocycles. The molecular formula is C13H29NO5. The first-order chi connectivity index (χ1) is 9.04. The third-order valence-electron chi connectivity index (χ3n) is 3.14. The van der Waals surface area contributed by atoms with Gasteiger partial charge >= 0.3 is 0 Å². The van der Waals surface area contributed by atoms with Crippen LogP contribution in [0.15, 0.2) is 0 Å². The average molecular weight is 279 g/mol. The smallest absolute Gasteiger partial charge is 0.111 e. The van der Waals surface area contributed by atoms with Gasteiger partial charge in [0.2, 0.25) is 0 Å². The van der Waals surface area contributed by atoms with Gasteiger partial charge in [0.05, 0.1) is 12.7 Å². The summed E-state index contributed by atoms with van der Waals surface area (Å²) in [6, 6.07) is 0. The van der Waals surface area contributed by atoms with E-state index < -0.39 is 31.0 Å². The Morgan fingerprint density at radius 2 is 1.42 bits per heavy atom. The van der Waals surface area contributed by atoms with Gasteiger partial charge in [-0.25, -0.2) is 0 Å². The molecule has 0 unspecified atom stereocenters. The van der Waals surface area contributed by atoms with Crippen LogP contribution in [0.4, 0.5) is 0 Å². The van der Waals surface area contributed by atoms with Gasteiger partial charge in [-0.15, -0.1) is 0 Å². The monoisotopic (exact) mass is 279 g/mol. The van der Waals surface area contributed by atoms with Gasteiger partial charge in [0.1, 0.15) is 18.3 Å².